The number of esters is 1. The minimum Gasteiger partial charge on any atom is -0.466 e. The number of aromatic nitrogens is 1. The molecule has 144 valence electrons. The molecule has 0 radical (unpaired) electrons. The molecule has 0 unspecified atom stereocenters. The van der Waals surface area contributed by atoms with Crippen LogP contribution >= 0.6 is 15.9 Å². The van der Waals surface area contributed by atoms with Crippen LogP contribution in [0.4, 0.5) is 0 Å². The Hall–Kier alpha value is -3.13. The van der Waals surface area contributed by atoms with Gasteiger partial charge in [0.05, 0.1) is 6.61 Å². The third-order valence-electron chi connectivity index (χ3n) is 3.98. The van der Waals surface area contributed by atoms with Crippen LogP contribution in [0.1, 0.15) is 23.8 Å². The Balaban J connectivity index is 1.87. The second-order valence-electron chi connectivity index (χ2n) is 5.92. The van der Waals surface area contributed by atoms with Crippen molar-refractivity contribution in [1.29, 1.82) is 0 Å². The van der Waals surface area contributed by atoms with Crippen LogP contribution in [0.2, 0.25) is 0 Å². The number of nitrogens with one attached hydrogen (secondary N) is 3. The van der Waals surface area contributed by atoms with E-state index in [4.69, 9.17) is 4.74 Å². The van der Waals surface area contributed by atoms with Gasteiger partial charge in [0.2, 0.25) is 5.91 Å². The summed E-state index contributed by atoms with van der Waals surface area (Å²) in [6.07, 6.45) is -0.473. The highest BCUT2D eigenvalue weighted by Gasteiger charge is 2.20. The molecule has 2 amide bonds. The summed E-state index contributed by atoms with van der Waals surface area (Å²) in [6.45, 7) is 1.83. The Morgan fingerprint density at radius 2 is 1.82 bits per heavy atom. The van der Waals surface area contributed by atoms with Crippen LogP contribution in [0.15, 0.2) is 53.0 Å². The molecule has 7 nitrogen and oxygen atoms in total. The average molecular weight is 444 g/mol. The fourth-order valence-corrected chi connectivity index (χ4v) is 3.18. The Kier molecular flexibility index (Phi) is 6.10. The minimum absolute atomic E-state index is 0.184. The van der Waals surface area contributed by atoms with Crippen LogP contribution in [0.25, 0.3) is 22.0 Å². The van der Waals surface area contributed by atoms with E-state index in [0.717, 1.165) is 20.9 Å². The molecule has 0 atom stereocenters. The van der Waals surface area contributed by atoms with Gasteiger partial charge in [-0.1, -0.05) is 46.3 Å². The van der Waals surface area contributed by atoms with Crippen LogP contribution in [-0.2, 0) is 14.3 Å². The lowest BCUT2D eigenvalue weighted by Gasteiger charge is -2.08. The maximum Gasteiger partial charge on any atom is 0.315 e. The van der Waals surface area contributed by atoms with Crippen LogP contribution in [0, 0.1) is 0 Å². The van der Waals surface area contributed by atoms with Crippen molar-refractivity contribution in [1.82, 2.24) is 15.8 Å². The first-order valence-electron chi connectivity index (χ1n) is 8.61. The van der Waals surface area contributed by atoms with Gasteiger partial charge >= 0.3 is 5.97 Å². The predicted octanol–water partition coefficient (Wildman–Crippen LogP) is 3.31. The van der Waals surface area contributed by atoms with Crippen LogP contribution in [-0.4, -0.2) is 29.4 Å². The average Bonchev–Trinajstić information content (AvgIpc) is 3.05. The van der Waals surface area contributed by atoms with Crippen LogP contribution < -0.4 is 10.9 Å². The number of hydrogen-bond donors (Lipinski definition) is 3. The smallest absolute Gasteiger partial charge is 0.315 e. The highest BCUT2D eigenvalue weighted by atomic mass is 79.9. The molecule has 8 heteroatoms. The van der Waals surface area contributed by atoms with Gasteiger partial charge in [-0.05, 0) is 30.7 Å². The Bertz CT molecular complexity index is 1030. The molecule has 3 aromatic rings. The van der Waals surface area contributed by atoms with Crippen molar-refractivity contribution in [2.75, 3.05) is 6.61 Å². The number of amides is 2. The van der Waals surface area contributed by atoms with Gasteiger partial charge in [0.25, 0.3) is 5.91 Å². The van der Waals surface area contributed by atoms with E-state index in [0.29, 0.717) is 11.3 Å². The van der Waals surface area contributed by atoms with E-state index < -0.39 is 24.2 Å². The van der Waals surface area contributed by atoms with E-state index in [1.807, 2.05) is 48.5 Å². The van der Waals surface area contributed by atoms with E-state index in [9.17, 15) is 14.4 Å². The zero-order valence-corrected chi connectivity index (χ0v) is 16.6. The standard InChI is InChI=1S/C20H18BrN3O4/c1-2-28-17(26)11-16(25)23-24-20(27)19-18(12-6-4-3-5-7-12)14-10-13(21)8-9-15(14)22-19/h3-10,22H,2,11H2,1H3,(H,23,25)(H,24,27). The number of carbonyl (C=O) groups excluding carboxylic acids is 3. The monoisotopic (exact) mass is 443 g/mol. The highest BCUT2D eigenvalue weighted by molar-refractivity contribution is 9.10. The lowest BCUT2D eigenvalue weighted by molar-refractivity contribution is -0.146. The predicted molar refractivity (Wildman–Crippen MR) is 108 cm³/mol. The number of benzene rings is 2. The molecule has 1 heterocycles. The maximum atomic E-state index is 12.7. The summed E-state index contributed by atoms with van der Waals surface area (Å²) in [5.41, 5.74) is 7.24. The van der Waals surface area contributed by atoms with Crippen LogP contribution in [0.3, 0.4) is 0 Å². The maximum absolute atomic E-state index is 12.7. The van der Waals surface area contributed by atoms with Crippen molar-refractivity contribution in [2.45, 2.75) is 13.3 Å². The van der Waals surface area contributed by atoms with E-state index in [1.165, 1.54) is 0 Å². The fraction of sp³-hybridized carbons (Fsp3) is 0.150. The second-order valence-corrected chi connectivity index (χ2v) is 6.83. The largest absolute Gasteiger partial charge is 0.466 e. The van der Waals surface area contributed by atoms with Crippen molar-refractivity contribution < 1.29 is 19.1 Å². The van der Waals surface area contributed by atoms with Gasteiger partial charge in [-0.2, -0.15) is 0 Å². The normalized spacial score (nSPS) is 10.5. The minimum atomic E-state index is -0.660. The van der Waals surface area contributed by atoms with Crippen LogP contribution in [0.5, 0.6) is 0 Å². The van der Waals surface area contributed by atoms with Gasteiger partial charge < -0.3 is 9.72 Å². The molecule has 28 heavy (non-hydrogen) atoms. The lowest BCUT2D eigenvalue weighted by atomic mass is 10.0. The first-order chi connectivity index (χ1) is 13.5. The molecule has 0 aliphatic carbocycles. The third-order valence-corrected chi connectivity index (χ3v) is 4.47. The molecular formula is C20H18BrN3O4. The number of carbonyl (C=O) groups is 3. The van der Waals surface area contributed by atoms with Crippen molar-refractivity contribution in [3.8, 4) is 11.1 Å². The van der Waals surface area contributed by atoms with Gasteiger partial charge in [-0.3, -0.25) is 25.2 Å². The zero-order valence-electron chi connectivity index (χ0n) is 15.0. The SMILES string of the molecule is CCOC(=O)CC(=O)NNC(=O)c1[nH]c2ccc(Br)cc2c1-c1ccccc1. The number of fused-ring (bicyclic) bond motifs is 1. The number of H-pyrrole nitrogens is 1. The molecule has 3 rings (SSSR count). The fourth-order valence-electron chi connectivity index (χ4n) is 2.82. The highest BCUT2D eigenvalue weighted by Crippen LogP contribution is 2.34. The Morgan fingerprint density at radius 3 is 2.54 bits per heavy atom. The molecule has 2 aromatic carbocycles. The summed E-state index contributed by atoms with van der Waals surface area (Å²) < 4.78 is 5.59. The number of hydrogen-bond acceptors (Lipinski definition) is 4. The van der Waals surface area contributed by atoms with Gasteiger partial charge in [-0.25, -0.2) is 0 Å². The summed E-state index contributed by atoms with van der Waals surface area (Å²) in [4.78, 5) is 39.0. The van der Waals surface area contributed by atoms with Gasteiger partial charge in [-0.15, -0.1) is 0 Å². The molecular weight excluding hydrogens is 426 g/mol. The van der Waals surface area contributed by atoms with Crippen molar-refractivity contribution in [3.63, 3.8) is 0 Å². The van der Waals surface area contributed by atoms with E-state index in [-0.39, 0.29) is 6.61 Å². The molecule has 0 bridgehead atoms. The molecule has 0 fully saturated rings. The summed E-state index contributed by atoms with van der Waals surface area (Å²) in [5, 5.41) is 0.864. The van der Waals surface area contributed by atoms with Crippen molar-refractivity contribution in [3.05, 3.63) is 58.7 Å². The van der Waals surface area contributed by atoms with Crippen molar-refractivity contribution >= 4 is 44.6 Å². The van der Waals surface area contributed by atoms with E-state index >= 15 is 0 Å². The molecule has 1 aromatic heterocycles. The molecule has 0 saturated heterocycles. The zero-order chi connectivity index (χ0) is 20.1. The summed E-state index contributed by atoms with van der Waals surface area (Å²) in [5.74, 6) is -1.84. The third kappa shape index (κ3) is 4.40. The van der Waals surface area contributed by atoms with E-state index in [2.05, 4.69) is 31.8 Å². The Morgan fingerprint density at radius 1 is 1.07 bits per heavy atom. The van der Waals surface area contributed by atoms with Crippen molar-refractivity contribution in [2.24, 2.45) is 0 Å². The van der Waals surface area contributed by atoms with Gasteiger partial charge in [0.15, 0.2) is 0 Å². The number of rotatable bonds is 5. The second kappa shape index (κ2) is 8.71. The topological polar surface area (TPSA) is 100 Å². The molecule has 0 saturated carbocycles. The lowest BCUT2D eigenvalue weighted by Crippen LogP contribution is -2.42. The summed E-state index contributed by atoms with van der Waals surface area (Å²) >= 11 is 3.46. The summed E-state index contributed by atoms with van der Waals surface area (Å²) in [7, 11) is 0. The van der Waals surface area contributed by atoms with E-state index in [1.54, 1.807) is 6.92 Å². The molecule has 0 spiro atoms. The van der Waals surface area contributed by atoms with Gasteiger partial charge in [0, 0.05) is 20.9 Å². The first-order valence-corrected chi connectivity index (χ1v) is 9.40. The number of halogens is 1. The molecule has 0 aliphatic rings. The molecule has 3 N–H and O–H groups in total. The number of aromatic amines is 1. The quantitative estimate of drug-likeness (QED) is 0.319. The molecule has 0 aliphatic heterocycles. The summed E-state index contributed by atoms with van der Waals surface area (Å²) in [6, 6.07) is 15.1. The number of ether oxygens (including phenoxy) is 1. The first kappa shape index (κ1) is 19.6. The number of hydrazine groups is 1. The van der Waals surface area contributed by atoms with Gasteiger partial charge in [0.1, 0.15) is 12.1 Å². The Labute approximate surface area is 169 Å².